The van der Waals surface area contributed by atoms with Gasteiger partial charge in [-0.25, -0.2) is 14.2 Å². The summed E-state index contributed by atoms with van der Waals surface area (Å²) in [7, 11) is 0. The summed E-state index contributed by atoms with van der Waals surface area (Å²) >= 11 is 2.17. The second kappa shape index (κ2) is 14.3. The Kier molecular flexibility index (Phi) is 10.3. The number of carbonyl (C=O) groups is 3. The Balaban J connectivity index is 0.00000468. The number of rotatable bonds is 10. The fraction of sp³-hybridized carbons (Fsp3) is 0.185. The van der Waals surface area contributed by atoms with Crippen LogP contribution in [0.3, 0.4) is 0 Å². The number of amides is 2. The number of tetrazole rings is 1. The van der Waals surface area contributed by atoms with Gasteiger partial charge in [0.05, 0.1) is 6.54 Å². The number of β-lactam (4-membered cyclic amide) rings is 1. The molecule has 0 aliphatic carbocycles. The molecule has 2 amide bonds. The van der Waals surface area contributed by atoms with Gasteiger partial charge in [-0.05, 0) is 41.1 Å². The van der Waals surface area contributed by atoms with Crippen molar-refractivity contribution in [3.8, 4) is 34.4 Å². The monoisotopic (exact) mass is 723 g/mol. The molecular formula is C27H23FN9NaO9S2. The number of halogens is 1. The molecule has 0 radical (unpaired) electrons. The van der Waals surface area contributed by atoms with Crippen molar-refractivity contribution in [2.24, 2.45) is 5.16 Å². The van der Waals surface area contributed by atoms with E-state index >= 15 is 0 Å². The van der Waals surface area contributed by atoms with Crippen molar-refractivity contribution in [3.05, 3.63) is 64.1 Å². The third-order valence-electron chi connectivity index (χ3n) is 7.09. The molecule has 1 fully saturated rings. The molecule has 4 heterocycles. The summed E-state index contributed by atoms with van der Waals surface area (Å²) in [6.07, 6.45) is 0. The fourth-order valence-electron chi connectivity index (χ4n) is 4.75. The Labute approximate surface area is 304 Å². The normalized spacial score (nSPS) is 17.2. The molecule has 18 nitrogen and oxygen atoms in total. The van der Waals surface area contributed by atoms with E-state index in [1.54, 1.807) is 0 Å². The Bertz CT molecular complexity index is 2040. The van der Waals surface area contributed by atoms with E-state index in [0.717, 1.165) is 33.2 Å². The molecule has 2 aromatic carbocycles. The molecule has 4 aromatic rings. The molecule has 0 saturated carbocycles. The van der Waals surface area contributed by atoms with Crippen molar-refractivity contribution in [2.75, 3.05) is 11.5 Å². The van der Waals surface area contributed by atoms with E-state index < -0.39 is 58.8 Å². The molecule has 0 unspecified atom stereocenters. The Morgan fingerprint density at radius 2 is 1.90 bits per heavy atom. The number of carboxylic acids is 1. The van der Waals surface area contributed by atoms with E-state index in [9.17, 15) is 44.3 Å². The van der Waals surface area contributed by atoms with Crippen LogP contribution in [-0.2, 0) is 32.4 Å². The second-order valence-corrected chi connectivity index (χ2v) is 12.2. The molecule has 1 saturated heterocycles. The van der Waals surface area contributed by atoms with Gasteiger partial charge in [-0.1, -0.05) is 5.16 Å². The van der Waals surface area contributed by atoms with Gasteiger partial charge in [-0.3, -0.25) is 14.5 Å². The number of anilines is 1. The van der Waals surface area contributed by atoms with Gasteiger partial charge in [-0.2, -0.15) is 4.80 Å². The number of carboxylic acid groups (broad SMARTS) is 1. The van der Waals surface area contributed by atoms with Crippen LogP contribution in [0.2, 0.25) is 0 Å². The number of nitrogens with one attached hydrogen (secondary N) is 1. The molecule has 49 heavy (non-hydrogen) atoms. The number of aromatic nitrogens is 5. The van der Waals surface area contributed by atoms with Crippen LogP contribution in [0, 0.1) is 5.82 Å². The number of thiazole rings is 1. The molecule has 250 valence electrons. The first kappa shape index (κ1) is 35.3. The number of nitrogens with two attached hydrogens (primary N) is 1. The van der Waals surface area contributed by atoms with Gasteiger partial charge in [0.25, 0.3) is 11.8 Å². The van der Waals surface area contributed by atoms with E-state index in [2.05, 4.69) is 30.9 Å². The van der Waals surface area contributed by atoms with Crippen molar-refractivity contribution in [2.45, 2.75) is 24.6 Å². The number of phenols is 4. The Hall–Kier alpha value is -4.96. The molecule has 2 atom stereocenters. The number of aromatic hydroxyl groups is 4. The van der Waals surface area contributed by atoms with E-state index in [1.165, 1.54) is 35.3 Å². The van der Waals surface area contributed by atoms with Crippen molar-refractivity contribution >= 4 is 81.3 Å². The first-order valence-corrected chi connectivity index (χ1v) is 15.5. The average Bonchev–Trinajstić information content (AvgIpc) is 3.71. The number of hydrogen-bond acceptors (Lipinski definition) is 16. The predicted molar refractivity (Wildman–Crippen MR) is 171 cm³/mol. The zero-order chi connectivity index (χ0) is 34.3. The second-order valence-electron chi connectivity index (χ2n) is 10.2. The van der Waals surface area contributed by atoms with Crippen LogP contribution < -0.4 is 11.1 Å². The zero-order valence-electron chi connectivity index (χ0n) is 24.0. The van der Waals surface area contributed by atoms with Gasteiger partial charge in [0.15, 0.2) is 39.7 Å². The number of carbonyl (C=O) groups excluding carboxylic acids is 2. The number of benzene rings is 2. The van der Waals surface area contributed by atoms with Gasteiger partial charge in [-0.15, -0.1) is 33.3 Å². The number of fused-ring (bicyclic) bond motifs is 1. The summed E-state index contributed by atoms with van der Waals surface area (Å²) in [6.45, 7) is -0.697. The van der Waals surface area contributed by atoms with Crippen LogP contribution in [0.4, 0.5) is 9.52 Å². The summed E-state index contributed by atoms with van der Waals surface area (Å²) in [4.78, 5) is 50.3. The standard InChI is InChI=1S/C27H22FN9O9S2.Na.H/c28-17-11(2-4-15(39)21(17)41)7-46-34-18(13-9-48-27(29)30-13)23(42)31-19-24(43)37-20(26(44)45)12(8-47-25(19)37)6-36-33-22(32-35-36)10-1-3-14(38)16(40)5-10;;/h1-5,9,19,25,38-41H,6-8H2,(H2,29,30)(H,31,42)(H,44,45);;/t19-,25-;;/m1../s1. The van der Waals surface area contributed by atoms with E-state index in [0.29, 0.717) is 11.1 Å². The van der Waals surface area contributed by atoms with Gasteiger partial charge in [0.1, 0.15) is 29.4 Å². The van der Waals surface area contributed by atoms with Gasteiger partial charge >= 0.3 is 35.5 Å². The third-order valence-corrected chi connectivity index (χ3v) is 9.10. The number of phenolic OH excluding ortho intramolecular Hbond substituents is 4. The zero-order valence-corrected chi connectivity index (χ0v) is 25.6. The summed E-state index contributed by atoms with van der Waals surface area (Å²) in [6, 6.07) is 4.96. The molecule has 2 aliphatic heterocycles. The van der Waals surface area contributed by atoms with Gasteiger partial charge < -0.3 is 41.4 Å². The van der Waals surface area contributed by atoms with E-state index in [4.69, 9.17) is 10.6 Å². The predicted octanol–water partition coefficient (Wildman–Crippen LogP) is 0.0515. The number of nitrogens with zero attached hydrogens (tertiary/aromatic N) is 7. The maximum absolute atomic E-state index is 14.3. The number of thioether (sulfide) groups is 1. The molecule has 6 rings (SSSR count). The Morgan fingerprint density at radius 1 is 1.14 bits per heavy atom. The summed E-state index contributed by atoms with van der Waals surface area (Å²) in [5.41, 5.74) is 5.43. The van der Waals surface area contributed by atoms with E-state index in [1.807, 2.05) is 0 Å². The molecule has 2 aromatic heterocycles. The maximum atomic E-state index is 14.3. The molecule has 22 heteroatoms. The van der Waals surface area contributed by atoms with Crippen molar-refractivity contribution in [1.29, 1.82) is 0 Å². The number of aliphatic carboxylic acids is 1. The van der Waals surface area contributed by atoms with Crippen LogP contribution >= 0.6 is 23.1 Å². The van der Waals surface area contributed by atoms with Crippen LogP contribution in [0.15, 0.2) is 52.1 Å². The van der Waals surface area contributed by atoms with Crippen LogP contribution in [-0.4, -0.2) is 126 Å². The average molecular weight is 724 g/mol. The molecule has 2 aliphatic rings. The number of nitrogen functional groups attached to an aromatic ring is 1. The molecular weight excluding hydrogens is 700 g/mol. The van der Waals surface area contributed by atoms with Crippen LogP contribution in [0.1, 0.15) is 11.3 Å². The SMILES string of the molecule is Nc1nc(C(=NOCc2ccc(O)c(O)c2F)C(=O)N[C@@H]2C(=O)N3C(C(=O)O)=C(Cn4nnc(-c5ccc(O)c(O)c5)n4)CS[C@H]23)cs1.[NaH]. The minimum atomic E-state index is -1.39. The first-order chi connectivity index (χ1) is 22.9. The molecule has 8 N–H and O–H groups in total. The minimum absolute atomic E-state index is 0. The Morgan fingerprint density at radius 3 is 2.59 bits per heavy atom. The van der Waals surface area contributed by atoms with Crippen LogP contribution in [0.25, 0.3) is 11.4 Å². The van der Waals surface area contributed by atoms with Gasteiger partial charge in [0.2, 0.25) is 5.82 Å². The quantitative estimate of drug-likeness (QED) is 0.0375. The third kappa shape index (κ3) is 6.96. The summed E-state index contributed by atoms with van der Waals surface area (Å²) in [5.74, 6) is -6.35. The number of hydrogen-bond donors (Lipinski definition) is 7. The summed E-state index contributed by atoms with van der Waals surface area (Å²) in [5, 5.41) is 67.4. The van der Waals surface area contributed by atoms with Crippen molar-refractivity contribution in [3.63, 3.8) is 0 Å². The first-order valence-electron chi connectivity index (χ1n) is 13.5. The number of oxime groups is 1. The molecule has 0 bridgehead atoms. The fourth-order valence-corrected chi connectivity index (χ4v) is 6.63. The van der Waals surface area contributed by atoms with Crippen molar-refractivity contribution in [1.82, 2.24) is 35.4 Å². The van der Waals surface area contributed by atoms with Crippen molar-refractivity contribution < 1.29 is 49.1 Å². The van der Waals surface area contributed by atoms with Crippen LogP contribution in [0.5, 0.6) is 23.0 Å². The summed E-state index contributed by atoms with van der Waals surface area (Å²) < 4.78 is 14.3. The topological polar surface area (TPSA) is 272 Å². The van der Waals surface area contributed by atoms with Gasteiger partial charge in [0, 0.05) is 22.3 Å². The van der Waals surface area contributed by atoms with E-state index in [-0.39, 0.29) is 81.3 Å². The molecule has 0 spiro atoms.